The fourth-order valence-electron chi connectivity index (χ4n) is 2.11. The van der Waals surface area contributed by atoms with Gasteiger partial charge in [0.25, 0.3) is 0 Å². The third-order valence-electron chi connectivity index (χ3n) is 2.89. The van der Waals surface area contributed by atoms with Crippen LogP contribution in [0.1, 0.15) is 17.4 Å². The van der Waals surface area contributed by atoms with Crippen LogP contribution in [-0.2, 0) is 12.8 Å². The molecule has 0 spiro atoms. The van der Waals surface area contributed by atoms with Crippen molar-refractivity contribution in [3.63, 3.8) is 0 Å². The molecule has 0 radical (unpaired) electrons. The van der Waals surface area contributed by atoms with E-state index in [1.165, 1.54) is 14.2 Å². The lowest BCUT2D eigenvalue weighted by Gasteiger charge is -2.17. The van der Waals surface area contributed by atoms with Gasteiger partial charge in [-0.25, -0.2) is 0 Å². The smallest absolute Gasteiger partial charge is 0.0701 e. The van der Waals surface area contributed by atoms with Gasteiger partial charge in [-0.1, -0.05) is 37.3 Å². The fraction of sp³-hybridized carbons (Fsp3) is 0.333. The first-order chi connectivity index (χ1) is 8.78. The molecule has 2 aromatic rings. The Morgan fingerprint density at radius 3 is 2.50 bits per heavy atom. The molecule has 2 rings (SSSR count). The molecule has 18 heavy (non-hydrogen) atoms. The molecule has 3 heteroatoms. The van der Waals surface area contributed by atoms with E-state index in [1.807, 2.05) is 11.3 Å². The number of nitrogens with one attached hydrogen (secondary N) is 1. The highest BCUT2D eigenvalue weighted by atomic mass is 79.9. The minimum absolute atomic E-state index is 0.517. The second-order valence-electron chi connectivity index (χ2n) is 4.35. The van der Waals surface area contributed by atoms with Crippen molar-refractivity contribution in [3.8, 4) is 0 Å². The molecule has 1 heterocycles. The van der Waals surface area contributed by atoms with Gasteiger partial charge in [-0.2, -0.15) is 0 Å². The molecule has 0 saturated heterocycles. The highest BCUT2D eigenvalue weighted by molar-refractivity contribution is 9.11. The van der Waals surface area contributed by atoms with E-state index in [1.54, 1.807) is 0 Å². The lowest BCUT2D eigenvalue weighted by molar-refractivity contribution is 0.524. The van der Waals surface area contributed by atoms with E-state index in [0.717, 1.165) is 19.4 Å². The Morgan fingerprint density at radius 2 is 1.89 bits per heavy atom. The van der Waals surface area contributed by atoms with Crippen LogP contribution in [0.4, 0.5) is 0 Å². The molecule has 0 amide bonds. The molecule has 0 aliphatic carbocycles. The van der Waals surface area contributed by atoms with Crippen LogP contribution in [0.5, 0.6) is 0 Å². The summed E-state index contributed by atoms with van der Waals surface area (Å²) < 4.78 is 1.22. The number of thiophene rings is 1. The average molecular weight is 324 g/mol. The fourth-order valence-corrected chi connectivity index (χ4v) is 3.67. The van der Waals surface area contributed by atoms with Crippen molar-refractivity contribution in [3.05, 3.63) is 56.7 Å². The van der Waals surface area contributed by atoms with Crippen molar-refractivity contribution in [1.82, 2.24) is 5.32 Å². The van der Waals surface area contributed by atoms with Gasteiger partial charge >= 0.3 is 0 Å². The van der Waals surface area contributed by atoms with Crippen molar-refractivity contribution >= 4 is 27.3 Å². The van der Waals surface area contributed by atoms with Gasteiger partial charge in [-0.15, -0.1) is 11.3 Å². The summed E-state index contributed by atoms with van der Waals surface area (Å²) >= 11 is 5.36. The van der Waals surface area contributed by atoms with Crippen molar-refractivity contribution in [2.24, 2.45) is 0 Å². The summed E-state index contributed by atoms with van der Waals surface area (Å²) in [5, 5.41) is 3.58. The van der Waals surface area contributed by atoms with Gasteiger partial charge in [0.2, 0.25) is 0 Å². The molecule has 0 bridgehead atoms. The Kier molecular flexibility index (Phi) is 5.42. The number of hydrogen-bond acceptors (Lipinski definition) is 2. The van der Waals surface area contributed by atoms with E-state index >= 15 is 0 Å². The molecular formula is C15H18BrNS. The third-order valence-corrected chi connectivity index (χ3v) is 4.54. The number of rotatable bonds is 6. The van der Waals surface area contributed by atoms with Crippen LogP contribution in [0, 0.1) is 0 Å². The Labute approximate surface area is 121 Å². The Hall–Kier alpha value is -0.640. The number of halogens is 1. The van der Waals surface area contributed by atoms with Gasteiger partial charge in [0.1, 0.15) is 0 Å². The molecule has 1 nitrogen and oxygen atoms in total. The maximum absolute atomic E-state index is 3.58. The lowest BCUT2D eigenvalue weighted by Crippen LogP contribution is -2.32. The van der Waals surface area contributed by atoms with E-state index in [0.29, 0.717) is 6.04 Å². The van der Waals surface area contributed by atoms with Crippen LogP contribution >= 0.6 is 27.3 Å². The minimum atomic E-state index is 0.517. The second kappa shape index (κ2) is 7.07. The monoisotopic (exact) mass is 323 g/mol. The van der Waals surface area contributed by atoms with E-state index < -0.39 is 0 Å². The van der Waals surface area contributed by atoms with E-state index in [4.69, 9.17) is 0 Å². The number of benzene rings is 1. The van der Waals surface area contributed by atoms with Gasteiger partial charge in [0.05, 0.1) is 3.79 Å². The first kappa shape index (κ1) is 13.8. The minimum Gasteiger partial charge on any atom is -0.314 e. The molecule has 96 valence electrons. The average Bonchev–Trinajstić information content (AvgIpc) is 2.76. The predicted molar refractivity (Wildman–Crippen MR) is 83.3 cm³/mol. The topological polar surface area (TPSA) is 12.0 Å². The Morgan fingerprint density at radius 1 is 1.11 bits per heavy atom. The molecule has 1 aromatic carbocycles. The predicted octanol–water partition coefficient (Wildman–Crippen LogP) is 4.27. The highest BCUT2D eigenvalue weighted by Gasteiger charge is 2.10. The third kappa shape index (κ3) is 4.23. The molecule has 0 aliphatic heterocycles. The molecule has 0 fully saturated rings. The van der Waals surface area contributed by atoms with Crippen molar-refractivity contribution in [2.75, 3.05) is 6.54 Å². The zero-order valence-corrected chi connectivity index (χ0v) is 12.9. The summed E-state index contributed by atoms with van der Waals surface area (Å²) in [5.74, 6) is 0. The normalized spacial score (nSPS) is 12.6. The lowest BCUT2D eigenvalue weighted by atomic mass is 10.0. The van der Waals surface area contributed by atoms with Gasteiger partial charge < -0.3 is 5.32 Å². The van der Waals surface area contributed by atoms with Crippen molar-refractivity contribution < 1.29 is 0 Å². The molecule has 1 unspecified atom stereocenters. The summed E-state index contributed by atoms with van der Waals surface area (Å²) in [7, 11) is 0. The van der Waals surface area contributed by atoms with Crippen molar-refractivity contribution in [1.29, 1.82) is 0 Å². The van der Waals surface area contributed by atoms with Crippen LogP contribution in [-0.4, -0.2) is 12.6 Å². The maximum atomic E-state index is 3.58. The highest BCUT2D eigenvalue weighted by Crippen LogP contribution is 2.23. The molecule has 1 atom stereocenters. The van der Waals surface area contributed by atoms with E-state index in [2.05, 4.69) is 70.6 Å². The number of hydrogen-bond donors (Lipinski definition) is 1. The van der Waals surface area contributed by atoms with Gasteiger partial charge in [-0.3, -0.25) is 0 Å². The summed E-state index contributed by atoms with van der Waals surface area (Å²) in [4.78, 5) is 1.43. The molecular weight excluding hydrogens is 306 g/mol. The zero-order chi connectivity index (χ0) is 12.8. The first-order valence-electron chi connectivity index (χ1n) is 6.29. The molecule has 0 saturated carbocycles. The van der Waals surface area contributed by atoms with Crippen molar-refractivity contribution in [2.45, 2.75) is 25.8 Å². The van der Waals surface area contributed by atoms with Gasteiger partial charge in [0, 0.05) is 10.9 Å². The molecule has 1 aromatic heterocycles. The van der Waals surface area contributed by atoms with Crippen LogP contribution < -0.4 is 5.32 Å². The standard InChI is InChI=1S/C15H18BrNS/c1-2-17-13(10-12-6-4-3-5-7-12)11-14-8-9-15(16)18-14/h3-9,13,17H,2,10-11H2,1H3. The van der Waals surface area contributed by atoms with E-state index in [9.17, 15) is 0 Å². The molecule has 0 aliphatic rings. The SMILES string of the molecule is CCNC(Cc1ccccc1)Cc1ccc(Br)s1. The summed E-state index contributed by atoms with van der Waals surface area (Å²) in [6, 6.07) is 15.6. The maximum Gasteiger partial charge on any atom is 0.0701 e. The van der Waals surface area contributed by atoms with E-state index in [-0.39, 0.29) is 0 Å². The first-order valence-corrected chi connectivity index (χ1v) is 7.90. The Balaban J connectivity index is 1.99. The summed E-state index contributed by atoms with van der Waals surface area (Å²) in [6.07, 6.45) is 2.18. The Bertz CT molecular complexity index is 466. The number of likely N-dealkylation sites (N-methyl/N-ethyl adjacent to an activating group) is 1. The quantitative estimate of drug-likeness (QED) is 0.836. The molecule has 1 N–H and O–H groups in total. The van der Waals surface area contributed by atoms with Gasteiger partial charge in [-0.05, 0) is 53.0 Å². The van der Waals surface area contributed by atoms with Crippen LogP contribution in [0.25, 0.3) is 0 Å². The summed E-state index contributed by atoms with van der Waals surface area (Å²) in [5.41, 5.74) is 1.40. The van der Waals surface area contributed by atoms with Crippen LogP contribution in [0.15, 0.2) is 46.3 Å². The van der Waals surface area contributed by atoms with Gasteiger partial charge in [0.15, 0.2) is 0 Å². The summed E-state index contributed by atoms with van der Waals surface area (Å²) in [6.45, 7) is 3.19. The second-order valence-corrected chi connectivity index (χ2v) is 6.90. The largest absolute Gasteiger partial charge is 0.314 e. The zero-order valence-electron chi connectivity index (χ0n) is 10.5. The van der Waals surface area contributed by atoms with Crippen LogP contribution in [0.3, 0.4) is 0 Å². The van der Waals surface area contributed by atoms with Crippen LogP contribution in [0.2, 0.25) is 0 Å².